The molecule has 10 heteroatoms. The molecule has 0 unspecified atom stereocenters. The van der Waals surface area contributed by atoms with Crippen molar-refractivity contribution in [3.05, 3.63) is 58.5 Å². The normalized spacial score (nSPS) is 16.4. The van der Waals surface area contributed by atoms with Crippen molar-refractivity contribution in [1.29, 1.82) is 0 Å². The van der Waals surface area contributed by atoms with Gasteiger partial charge in [-0.2, -0.15) is 0 Å². The molecular formula is C24H24ClFN4O4. The molecule has 0 bridgehead atoms. The number of hydrogen-bond donors (Lipinski definition) is 2. The Hall–Kier alpha value is -3.59. The molecular weight excluding hydrogens is 463 g/mol. The Labute approximate surface area is 201 Å². The van der Waals surface area contributed by atoms with E-state index in [1.54, 1.807) is 25.2 Å². The van der Waals surface area contributed by atoms with Gasteiger partial charge in [-0.25, -0.2) is 4.39 Å². The molecule has 178 valence electrons. The predicted molar refractivity (Wildman–Crippen MR) is 128 cm³/mol. The molecule has 3 N–H and O–H groups in total. The van der Waals surface area contributed by atoms with Crippen molar-refractivity contribution < 1.29 is 23.5 Å². The Bertz CT molecular complexity index is 1210. The van der Waals surface area contributed by atoms with Crippen LogP contribution in [0.2, 0.25) is 5.02 Å². The Kier molecular flexibility index (Phi) is 6.74. The molecule has 0 spiro atoms. The van der Waals surface area contributed by atoms with E-state index in [2.05, 4.69) is 10.3 Å². The molecule has 2 aliphatic heterocycles. The van der Waals surface area contributed by atoms with E-state index in [-0.39, 0.29) is 35.4 Å². The van der Waals surface area contributed by atoms with Gasteiger partial charge in [0.15, 0.2) is 6.61 Å². The van der Waals surface area contributed by atoms with Gasteiger partial charge in [0.2, 0.25) is 0 Å². The molecule has 1 fully saturated rings. The van der Waals surface area contributed by atoms with Crippen LogP contribution in [0.15, 0.2) is 41.5 Å². The lowest BCUT2D eigenvalue weighted by atomic mass is 9.98. The summed E-state index contributed by atoms with van der Waals surface area (Å²) in [7, 11) is 1.68. The highest BCUT2D eigenvalue weighted by molar-refractivity contribution is 6.31. The average Bonchev–Trinajstić information content (AvgIpc) is 2.79. The van der Waals surface area contributed by atoms with E-state index in [0.29, 0.717) is 36.0 Å². The van der Waals surface area contributed by atoms with Crippen molar-refractivity contribution in [2.75, 3.05) is 38.7 Å². The number of fused-ring (bicyclic) bond motifs is 1. The summed E-state index contributed by atoms with van der Waals surface area (Å²) in [6.45, 7) is 2.84. The Morgan fingerprint density at radius 2 is 2.12 bits per heavy atom. The number of carbonyl (C=O) groups excluding carboxylic acids is 2. The molecule has 1 saturated heterocycles. The maximum Gasteiger partial charge on any atom is 0.262 e. The first kappa shape index (κ1) is 23.6. The zero-order valence-electron chi connectivity index (χ0n) is 18.7. The van der Waals surface area contributed by atoms with Crippen LogP contribution in [0.4, 0.5) is 10.1 Å². The minimum atomic E-state index is -0.695. The van der Waals surface area contributed by atoms with Gasteiger partial charge in [0.05, 0.1) is 17.9 Å². The third-order valence-corrected chi connectivity index (χ3v) is 6.01. The van der Waals surface area contributed by atoms with Gasteiger partial charge in [0.25, 0.3) is 11.8 Å². The SMILES string of the molecule is CN=C(C)C(=CN)c1cc(Cl)ccc1OCC1CN(C(=O)c2cc3c(cc2F)OCC(=O)N3)C1. The van der Waals surface area contributed by atoms with Crippen LogP contribution in [0.5, 0.6) is 11.5 Å². The maximum absolute atomic E-state index is 14.5. The first-order chi connectivity index (χ1) is 16.3. The van der Waals surface area contributed by atoms with Gasteiger partial charge in [-0.15, -0.1) is 0 Å². The van der Waals surface area contributed by atoms with Crippen LogP contribution in [0.25, 0.3) is 5.57 Å². The number of carbonyl (C=O) groups is 2. The van der Waals surface area contributed by atoms with Crippen molar-refractivity contribution in [2.45, 2.75) is 6.92 Å². The molecule has 0 saturated carbocycles. The lowest BCUT2D eigenvalue weighted by Gasteiger charge is -2.39. The van der Waals surface area contributed by atoms with E-state index in [0.717, 1.165) is 17.3 Å². The summed E-state index contributed by atoms with van der Waals surface area (Å²) in [5, 5.41) is 3.13. The van der Waals surface area contributed by atoms with Gasteiger partial charge in [-0.3, -0.25) is 14.6 Å². The topological polar surface area (TPSA) is 106 Å². The third-order valence-electron chi connectivity index (χ3n) is 5.78. The second-order valence-corrected chi connectivity index (χ2v) is 8.52. The second kappa shape index (κ2) is 9.72. The molecule has 2 aliphatic rings. The summed E-state index contributed by atoms with van der Waals surface area (Å²) < 4.78 is 25.7. The summed E-state index contributed by atoms with van der Waals surface area (Å²) in [6.07, 6.45) is 1.46. The van der Waals surface area contributed by atoms with Gasteiger partial charge in [0, 0.05) is 60.2 Å². The summed E-state index contributed by atoms with van der Waals surface area (Å²) in [6, 6.07) is 7.69. The Morgan fingerprint density at radius 3 is 2.82 bits per heavy atom. The van der Waals surface area contributed by atoms with Crippen molar-refractivity contribution in [2.24, 2.45) is 16.6 Å². The van der Waals surface area contributed by atoms with E-state index in [4.69, 9.17) is 26.8 Å². The Balaban J connectivity index is 1.40. The number of anilines is 1. The number of benzene rings is 2. The van der Waals surface area contributed by atoms with E-state index in [1.165, 1.54) is 17.2 Å². The molecule has 2 amide bonds. The van der Waals surface area contributed by atoms with Gasteiger partial charge in [0.1, 0.15) is 17.3 Å². The van der Waals surface area contributed by atoms with Crippen LogP contribution in [0.3, 0.4) is 0 Å². The molecule has 0 aromatic heterocycles. The molecule has 0 atom stereocenters. The number of amides is 2. The number of allylic oxidation sites excluding steroid dienone is 1. The van der Waals surface area contributed by atoms with Gasteiger partial charge in [-0.1, -0.05) is 11.6 Å². The molecule has 4 rings (SSSR count). The fraction of sp³-hybridized carbons (Fsp3) is 0.292. The number of nitrogens with zero attached hydrogens (tertiary/aromatic N) is 2. The number of aliphatic imine (C=N–C) groups is 1. The standard InChI is InChI=1S/C24H24ClFN4O4/c1-13(28-2)18(8-27)16-5-15(25)3-4-21(16)33-11-14-9-30(10-14)24(32)17-6-20-22(7-19(17)26)34-12-23(31)29-20/h3-8,14H,9-12,27H2,1-2H3,(H,29,31). The van der Waals surface area contributed by atoms with Gasteiger partial charge in [-0.05, 0) is 31.2 Å². The zero-order chi connectivity index (χ0) is 24.4. The van der Waals surface area contributed by atoms with Crippen LogP contribution in [0, 0.1) is 11.7 Å². The average molecular weight is 487 g/mol. The fourth-order valence-corrected chi connectivity index (χ4v) is 4.02. The number of ether oxygens (including phenoxy) is 2. The van der Waals surface area contributed by atoms with Crippen LogP contribution >= 0.6 is 11.6 Å². The second-order valence-electron chi connectivity index (χ2n) is 8.08. The molecule has 2 aromatic carbocycles. The van der Waals surface area contributed by atoms with Gasteiger partial charge >= 0.3 is 0 Å². The molecule has 0 aliphatic carbocycles. The number of likely N-dealkylation sites (tertiary alicyclic amines) is 1. The first-order valence-corrected chi connectivity index (χ1v) is 11.0. The van der Waals surface area contributed by atoms with E-state index in [9.17, 15) is 14.0 Å². The van der Waals surface area contributed by atoms with Crippen molar-refractivity contribution in [1.82, 2.24) is 4.90 Å². The molecule has 2 aromatic rings. The number of rotatable bonds is 6. The van der Waals surface area contributed by atoms with Crippen molar-refractivity contribution >= 4 is 40.4 Å². The lowest BCUT2D eigenvalue weighted by molar-refractivity contribution is -0.118. The maximum atomic E-state index is 14.5. The smallest absolute Gasteiger partial charge is 0.262 e. The molecule has 0 radical (unpaired) electrons. The number of halogens is 2. The molecule has 2 heterocycles. The zero-order valence-corrected chi connectivity index (χ0v) is 19.5. The van der Waals surface area contributed by atoms with Crippen LogP contribution in [-0.2, 0) is 4.79 Å². The third kappa shape index (κ3) is 4.70. The minimum absolute atomic E-state index is 0.0717. The summed E-state index contributed by atoms with van der Waals surface area (Å²) in [5.74, 6) is -0.621. The lowest BCUT2D eigenvalue weighted by Crippen LogP contribution is -2.52. The van der Waals surface area contributed by atoms with Crippen LogP contribution in [0.1, 0.15) is 22.8 Å². The highest BCUT2D eigenvalue weighted by Gasteiger charge is 2.34. The summed E-state index contributed by atoms with van der Waals surface area (Å²) in [5.41, 5.74) is 8.16. The fourth-order valence-electron chi connectivity index (χ4n) is 3.85. The minimum Gasteiger partial charge on any atom is -0.493 e. The predicted octanol–water partition coefficient (Wildman–Crippen LogP) is 3.35. The van der Waals surface area contributed by atoms with Crippen LogP contribution < -0.4 is 20.5 Å². The van der Waals surface area contributed by atoms with Crippen LogP contribution in [-0.4, -0.2) is 55.8 Å². The number of hydrogen-bond acceptors (Lipinski definition) is 6. The first-order valence-electron chi connectivity index (χ1n) is 10.6. The molecule has 8 nitrogen and oxygen atoms in total. The van der Waals surface area contributed by atoms with E-state index >= 15 is 0 Å². The van der Waals surface area contributed by atoms with Gasteiger partial charge < -0.3 is 25.4 Å². The van der Waals surface area contributed by atoms with E-state index in [1.807, 2.05) is 6.92 Å². The van der Waals surface area contributed by atoms with Crippen molar-refractivity contribution in [3.8, 4) is 11.5 Å². The quantitative estimate of drug-likeness (QED) is 0.609. The van der Waals surface area contributed by atoms with E-state index < -0.39 is 11.7 Å². The number of nitrogens with one attached hydrogen (secondary N) is 1. The van der Waals surface area contributed by atoms with Crippen molar-refractivity contribution in [3.63, 3.8) is 0 Å². The Morgan fingerprint density at radius 1 is 1.35 bits per heavy atom. The largest absolute Gasteiger partial charge is 0.493 e. The highest BCUT2D eigenvalue weighted by atomic mass is 35.5. The molecule has 34 heavy (non-hydrogen) atoms. The highest BCUT2D eigenvalue weighted by Crippen LogP contribution is 2.33. The number of nitrogens with two attached hydrogens (primary N) is 1. The monoisotopic (exact) mass is 486 g/mol. The summed E-state index contributed by atoms with van der Waals surface area (Å²) >= 11 is 6.17. The summed E-state index contributed by atoms with van der Waals surface area (Å²) in [4.78, 5) is 30.0.